The summed E-state index contributed by atoms with van der Waals surface area (Å²) >= 11 is 0. The van der Waals surface area contributed by atoms with Crippen molar-refractivity contribution in [3.05, 3.63) is 23.8 Å². The van der Waals surface area contributed by atoms with E-state index in [0.29, 0.717) is 18.1 Å². The van der Waals surface area contributed by atoms with Gasteiger partial charge in [-0.1, -0.05) is 0 Å². The Hall–Kier alpha value is -1.98. The normalized spacial score (nSPS) is 29.3. The van der Waals surface area contributed by atoms with Gasteiger partial charge in [0, 0.05) is 43.7 Å². The van der Waals surface area contributed by atoms with Crippen LogP contribution in [0.1, 0.15) is 41.9 Å². The first-order valence-corrected chi connectivity index (χ1v) is 8.46. The summed E-state index contributed by atoms with van der Waals surface area (Å²) in [5, 5.41) is 0. The molecule has 122 valence electrons. The van der Waals surface area contributed by atoms with Gasteiger partial charge in [0.2, 0.25) is 5.91 Å². The SMILES string of the molecule is Cc1cnc(C(=O)N2CC[C@]3(C[C@@H]3C(=O)N3CCCC3)C2)cn1. The molecular formula is C17H22N4O2. The van der Waals surface area contributed by atoms with Crippen LogP contribution in [0.15, 0.2) is 12.4 Å². The molecule has 1 aromatic heterocycles. The average molecular weight is 314 g/mol. The second-order valence-electron chi connectivity index (χ2n) is 7.17. The van der Waals surface area contributed by atoms with Gasteiger partial charge in [-0.15, -0.1) is 0 Å². The van der Waals surface area contributed by atoms with Crippen molar-refractivity contribution < 1.29 is 9.59 Å². The van der Waals surface area contributed by atoms with Crippen molar-refractivity contribution in [1.82, 2.24) is 19.8 Å². The minimum Gasteiger partial charge on any atom is -0.342 e. The Morgan fingerprint density at radius 1 is 1.13 bits per heavy atom. The number of carbonyl (C=O) groups is 2. The number of amides is 2. The summed E-state index contributed by atoms with van der Waals surface area (Å²) < 4.78 is 0. The fraction of sp³-hybridized carbons (Fsp3) is 0.647. The van der Waals surface area contributed by atoms with Crippen LogP contribution in [0, 0.1) is 18.3 Å². The van der Waals surface area contributed by atoms with E-state index in [1.165, 1.54) is 0 Å². The average Bonchev–Trinajstić information content (AvgIpc) is 2.94. The van der Waals surface area contributed by atoms with Crippen LogP contribution in [0.4, 0.5) is 0 Å². The third-order valence-electron chi connectivity index (χ3n) is 5.58. The van der Waals surface area contributed by atoms with E-state index in [1.54, 1.807) is 12.4 Å². The molecule has 4 rings (SSSR count). The number of aromatic nitrogens is 2. The molecular weight excluding hydrogens is 292 g/mol. The van der Waals surface area contributed by atoms with Crippen molar-refractivity contribution >= 4 is 11.8 Å². The molecule has 3 heterocycles. The third-order valence-corrected chi connectivity index (χ3v) is 5.58. The van der Waals surface area contributed by atoms with Gasteiger partial charge in [0.1, 0.15) is 5.69 Å². The highest BCUT2D eigenvalue weighted by Gasteiger charge is 2.62. The van der Waals surface area contributed by atoms with Crippen LogP contribution in [0.2, 0.25) is 0 Å². The topological polar surface area (TPSA) is 66.4 Å². The predicted octanol–water partition coefficient (Wildman–Crippen LogP) is 1.26. The zero-order valence-corrected chi connectivity index (χ0v) is 13.5. The molecule has 1 spiro atoms. The van der Waals surface area contributed by atoms with E-state index in [4.69, 9.17) is 0 Å². The van der Waals surface area contributed by atoms with Gasteiger partial charge >= 0.3 is 0 Å². The quantitative estimate of drug-likeness (QED) is 0.824. The van der Waals surface area contributed by atoms with Gasteiger partial charge in [-0.2, -0.15) is 0 Å². The molecule has 1 saturated carbocycles. The molecule has 3 aliphatic rings. The monoisotopic (exact) mass is 314 g/mol. The first kappa shape index (κ1) is 14.6. The van der Waals surface area contributed by atoms with E-state index >= 15 is 0 Å². The summed E-state index contributed by atoms with van der Waals surface area (Å²) in [5.41, 5.74) is 1.24. The van der Waals surface area contributed by atoms with Gasteiger partial charge < -0.3 is 9.80 Å². The number of hydrogen-bond acceptors (Lipinski definition) is 4. The lowest BCUT2D eigenvalue weighted by atomic mass is 10.0. The largest absolute Gasteiger partial charge is 0.342 e. The molecule has 0 radical (unpaired) electrons. The van der Waals surface area contributed by atoms with E-state index in [9.17, 15) is 9.59 Å². The smallest absolute Gasteiger partial charge is 0.274 e. The van der Waals surface area contributed by atoms with Crippen LogP contribution < -0.4 is 0 Å². The lowest BCUT2D eigenvalue weighted by Gasteiger charge is -2.18. The Morgan fingerprint density at radius 2 is 1.91 bits per heavy atom. The van der Waals surface area contributed by atoms with Crippen LogP contribution in [-0.4, -0.2) is 57.8 Å². The maximum absolute atomic E-state index is 12.6. The van der Waals surface area contributed by atoms with E-state index in [1.807, 2.05) is 16.7 Å². The zero-order valence-electron chi connectivity index (χ0n) is 13.5. The highest BCUT2D eigenvalue weighted by Crippen LogP contribution is 2.59. The van der Waals surface area contributed by atoms with Gasteiger partial charge in [-0.05, 0) is 32.6 Å². The molecule has 0 N–H and O–H groups in total. The first-order chi connectivity index (χ1) is 11.1. The molecule has 2 aliphatic heterocycles. The Morgan fingerprint density at radius 3 is 2.61 bits per heavy atom. The summed E-state index contributed by atoms with van der Waals surface area (Å²) in [6.45, 7) is 5.08. The van der Waals surface area contributed by atoms with Crippen LogP contribution in [0.5, 0.6) is 0 Å². The highest BCUT2D eigenvalue weighted by atomic mass is 16.2. The van der Waals surface area contributed by atoms with Crippen molar-refractivity contribution in [2.24, 2.45) is 11.3 Å². The molecule has 6 heteroatoms. The Balaban J connectivity index is 1.41. The summed E-state index contributed by atoms with van der Waals surface area (Å²) in [5.74, 6) is 0.378. The Kier molecular flexibility index (Phi) is 3.36. The van der Waals surface area contributed by atoms with Crippen molar-refractivity contribution in [3.8, 4) is 0 Å². The number of rotatable bonds is 2. The van der Waals surface area contributed by atoms with Crippen molar-refractivity contribution in [3.63, 3.8) is 0 Å². The summed E-state index contributed by atoms with van der Waals surface area (Å²) in [7, 11) is 0. The molecule has 23 heavy (non-hydrogen) atoms. The minimum atomic E-state index is -0.0614. The second-order valence-corrected chi connectivity index (χ2v) is 7.17. The van der Waals surface area contributed by atoms with E-state index in [0.717, 1.165) is 51.0 Å². The third kappa shape index (κ3) is 2.50. The number of aryl methyl sites for hydroxylation is 1. The zero-order chi connectivity index (χ0) is 16.0. The molecule has 0 bridgehead atoms. The second kappa shape index (κ2) is 5.28. The standard InChI is InChI=1S/C17H22N4O2/c1-12-9-19-14(10-18-12)16(23)21-7-4-17(11-21)8-13(17)15(22)20-5-2-3-6-20/h9-10,13H,2-8,11H2,1H3/t13-,17+/m1/s1. The van der Waals surface area contributed by atoms with E-state index in [2.05, 4.69) is 9.97 Å². The van der Waals surface area contributed by atoms with Crippen LogP contribution in [0.3, 0.4) is 0 Å². The molecule has 0 aromatic carbocycles. The lowest BCUT2D eigenvalue weighted by molar-refractivity contribution is -0.132. The molecule has 0 unspecified atom stereocenters. The summed E-state index contributed by atoms with van der Waals surface area (Å²) in [6, 6.07) is 0. The van der Waals surface area contributed by atoms with E-state index < -0.39 is 0 Å². The molecule has 2 atom stereocenters. The highest BCUT2D eigenvalue weighted by molar-refractivity contribution is 5.92. The van der Waals surface area contributed by atoms with Gasteiger partial charge in [-0.3, -0.25) is 14.6 Å². The number of carbonyl (C=O) groups excluding carboxylic acids is 2. The Bertz CT molecular complexity index is 638. The fourth-order valence-corrected chi connectivity index (χ4v) is 4.04. The first-order valence-electron chi connectivity index (χ1n) is 8.46. The Labute approximate surface area is 135 Å². The number of likely N-dealkylation sites (tertiary alicyclic amines) is 2. The number of hydrogen-bond donors (Lipinski definition) is 0. The van der Waals surface area contributed by atoms with Crippen molar-refractivity contribution in [2.75, 3.05) is 26.2 Å². The van der Waals surface area contributed by atoms with Crippen LogP contribution in [-0.2, 0) is 4.79 Å². The maximum Gasteiger partial charge on any atom is 0.274 e. The van der Waals surface area contributed by atoms with Crippen LogP contribution >= 0.6 is 0 Å². The van der Waals surface area contributed by atoms with Gasteiger partial charge in [0.25, 0.3) is 5.91 Å². The van der Waals surface area contributed by atoms with E-state index in [-0.39, 0.29) is 17.2 Å². The van der Waals surface area contributed by atoms with Gasteiger partial charge in [-0.25, -0.2) is 4.98 Å². The predicted molar refractivity (Wildman–Crippen MR) is 83.6 cm³/mol. The molecule has 2 amide bonds. The lowest BCUT2D eigenvalue weighted by Crippen LogP contribution is -2.33. The van der Waals surface area contributed by atoms with Crippen molar-refractivity contribution in [2.45, 2.75) is 32.6 Å². The molecule has 3 fully saturated rings. The number of nitrogens with zero attached hydrogens (tertiary/aromatic N) is 4. The van der Waals surface area contributed by atoms with Gasteiger partial charge in [0.15, 0.2) is 0 Å². The molecule has 6 nitrogen and oxygen atoms in total. The minimum absolute atomic E-state index is 0.0352. The summed E-state index contributed by atoms with van der Waals surface area (Å²) in [6.07, 6.45) is 7.29. The maximum atomic E-state index is 12.6. The van der Waals surface area contributed by atoms with Crippen molar-refractivity contribution in [1.29, 1.82) is 0 Å². The fourth-order valence-electron chi connectivity index (χ4n) is 4.04. The van der Waals surface area contributed by atoms with Crippen LogP contribution in [0.25, 0.3) is 0 Å². The summed E-state index contributed by atoms with van der Waals surface area (Å²) in [4.78, 5) is 37.3. The molecule has 2 saturated heterocycles. The molecule has 1 aromatic rings. The molecule has 1 aliphatic carbocycles. The van der Waals surface area contributed by atoms with Gasteiger partial charge in [0.05, 0.1) is 11.9 Å².